The number of halogens is 2. The third kappa shape index (κ3) is 6.44. The summed E-state index contributed by atoms with van der Waals surface area (Å²) in [4.78, 5) is 64.8. The lowest BCUT2D eigenvalue weighted by Gasteiger charge is -2.41. The van der Waals surface area contributed by atoms with Crippen molar-refractivity contribution in [2.45, 2.75) is 31.5 Å². The number of esters is 1. The number of rotatable bonds is 8. The number of amides is 4. The first-order valence-corrected chi connectivity index (χ1v) is 11.2. The third-order valence-electron chi connectivity index (χ3n) is 5.68. The molecule has 11 nitrogen and oxygen atoms in total. The highest BCUT2D eigenvalue weighted by molar-refractivity contribution is 6.30. The number of hydrogen-bond acceptors (Lipinski definition) is 9. The Balaban J connectivity index is 1.51. The second-order valence-electron chi connectivity index (χ2n) is 7.96. The van der Waals surface area contributed by atoms with Gasteiger partial charge >= 0.3 is 5.97 Å². The van der Waals surface area contributed by atoms with E-state index in [1.165, 1.54) is 12.1 Å². The molecule has 2 aliphatic rings. The molecule has 2 saturated heterocycles. The smallest absolute Gasteiger partial charge is 0.365 e. The van der Waals surface area contributed by atoms with Crippen LogP contribution in [0.4, 0.5) is 0 Å². The fourth-order valence-electron chi connectivity index (χ4n) is 3.58. The van der Waals surface area contributed by atoms with Crippen molar-refractivity contribution >= 4 is 52.8 Å². The SMILES string of the molecule is CC(C(C)N1CC(=O)N(COC(=O)C(Cl)Oc2ccc(Cl)cc2)C(=O)C1)N1CC(=O)NC(=O)C1. The first-order chi connectivity index (χ1) is 16.0. The fraction of sp³-hybridized carbons (Fsp3) is 0.476. The predicted octanol–water partition coefficient (Wildman–Crippen LogP) is 0.191. The van der Waals surface area contributed by atoms with Crippen molar-refractivity contribution in [2.75, 3.05) is 32.9 Å². The normalized spacial score (nSPS) is 20.5. The molecule has 2 heterocycles. The van der Waals surface area contributed by atoms with Gasteiger partial charge in [0.25, 0.3) is 5.56 Å². The highest BCUT2D eigenvalue weighted by atomic mass is 35.5. The molecule has 1 aromatic rings. The Bertz CT molecular complexity index is 940. The van der Waals surface area contributed by atoms with Crippen molar-refractivity contribution in [1.29, 1.82) is 0 Å². The van der Waals surface area contributed by atoms with Gasteiger partial charge in [0.15, 0.2) is 6.73 Å². The van der Waals surface area contributed by atoms with Crippen LogP contribution in [0.1, 0.15) is 13.8 Å². The van der Waals surface area contributed by atoms with Crippen LogP contribution in [-0.2, 0) is 28.7 Å². The highest BCUT2D eigenvalue weighted by Crippen LogP contribution is 2.19. The lowest BCUT2D eigenvalue weighted by Crippen LogP contribution is -2.62. The molecule has 0 saturated carbocycles. The molecule has 0 aromatic heterocycles. The second-order valence-corrected chi connectivity index (χ2v) is 8.79. The maximum atomic E-state index is 12.6. The highest BCUT2D eigenvalue weighted by Gasteiger charge is 2.38. The van der Waals surface area contributed by atoms with E-state index in [4.69, 9.17) is 32.7 Å². The van der Waals surface area contributed by atoms with E-state index in [0.29, 0.717) is 5.02 Å². The molecule has 2 fully saturated rings. The molecule has 1 N–H and O–H groups in total. The number of carbonyl (C=O) groups is 5. The topological polar surface area (TPSA) is 126 Å². The largest absolute Gasteiger partial charge is 0.463 e. The van der Waals surface area contributed by atoms with E-state index in [2.05, 4.69) is 5.32 Å². The number of carbonyl (C=O) groups excluding carboxylic acids is 5. The van der Waals surface area contributed by atoms with E-state index >= 15 is 0 Å². The van der Waals surface area contributed by atoms with Gasteiger partial charge in [0.1, 0.15) is 5.75 Å². The molecule has 2 aliphatic heterocycles. The van der Waals surface area contributed by atoms with Crippen LogP contribution in [-0.4, -0.2) is 94.9 Å². The van der Waals surface area contributed by atoms with E-state index < -0.39 is 41.9 Å². The molecule has 3 unspecified atom stereocenters. The Hall–Kier alpha value is -2.73. The number of piperazine rings is 2. The molecular formula is C21H24Cl2N4O7. The van der Waals surface area contributed by atoms with Gasteiger partial charge in [-0.1, -0.05) is 23.2 Å². The van der Waals surface area contributed by atoms with E-state index in [0.717, 1.165) is 4.90 Å². The predicted molar refractivity (Wildman–Crippen MR) is 120 cm³/mol. The third-order valence-corrected chi connectivity index (χ3v) is 6.19. The van der Waals surface area contributed by atoms with E-state index in [9.17, 15) is 24.0 Å². The van der Waals surface area contributed by atoms with Gasteiger partial charge < -0.3 is 9.47 Å². The summed E-state index contributed by atoms with van der Waals surface area (Å²) in [6, 6.07) is 5.57. The Labute approximate surface area is 205 Å². The van der Waals surface area contributed by atoms with Crippen molar-refractivity contribution in [3.05, 3.63) is 29.3 Å². The number of imide groups is 2. The zero-order chi connectivity index (χ0) is 25.0. The fourth-order valence-corrected chi connectivity index (χ4v) is 3.87. The molecule has 3 atom stereocenters. The minimum atomic E-state index is -1.49. The lowest BCUT2D eigenvalue weighted by atomic mass is 10.1. The summed E-state index contributed by atoms with van der Waals surface area (Å²) in [7, 11) is 0. The number of hydrogen-bond donors (Lipinski definition) is 1. The van der Waals surface area contributed by atoms with E-state index in [1.807, 2.05) is 13.8 Å². The van der Waals surface area contributed by atoms with Crippen LogP contribution >= 0.6 is 23.2 Å². The number of benzene rings is 1. The standard InChI is InChI=1S/C21H24Cl2N4O7/c1-12(25-7-16(28)24-17(29)8-25)13(2)26-9-18(30)27(19(31)10-26)11-33-21(32)20(23)34-15-5-3-14(22)4-6-15/h3-6,12-13,20H,7-11H2,1-2H3,(H,24,28,29). The zero-order valence-corrected chi connectivity index (χ0v) is 20.0. The molecule has 0 spiro atoms. The second kappa shape index (κ2) is 11.1. The first-order valence-electron chi connectivity index (χ1n) is 10.4. The minimum absolute atomic E-state index is 0.0484. The summed E-state index contributed by atoms with van der Waals surface area (Å²) >= 11 is 11.7. The summed E-state index contributed by atoms with van der Waals surface area (Å²) in [6.45, 7) is 2.93. The van der Waals surface area contributed by atoms with Crippen LogP contribution in [0.2, 0.25) is 5.02 Å². The van der Waals surface area contributed by atoms with Crippen molar-refractivity contribution in [3.63, 3.8) is 0 Å². The first kappa shape index (κ1) is 25.9. The summed E-state index contributed by atoms with van der Waals surface area (Å²) in [5, 5.41) is 2.72. The molecule has 3 rings (SSSR count). The average molecular weight is 515 g/mol. The van der Waals surface area contributed by atoms with Gasteiger partial charge in [-0.05, 0) is 38.1 Å². The molecule has 0 bridgehead atoms. The summed E-state index contributed by atoms with van der Waals surface area (Å²) < 4.78 is 10.2. The van der Waals surface area contributed by atoms with Gasteiger partial charge in [-0.2, -0.15) is 0 Å². The van der Waals surface area contributed by atoms with Gasteiger partial charge in [0.05, 0.1) is 26.2 Å². The number of ether oxygens (including phenoxy) is 2. The quantitative estimate of drug-likeness (QED) is 0.294. The van der Waals surface area contributed by atoms with Gasteiger partial charge in [0.2, 0.25) is 23.6 Å². The van der Waals surface area contributed by atoms with E-state index in [1.54, 1.807) is 21.9 Å². The van der Waals surface area contributed by atoms with E-state index in [-0.39, 0.29) is 44.0 Å². The number of alkyl halides is 1. The molecule has 0 radical (unpaired) electrons. The zero-order valence-electron chi connectivity index (χ0n) is 18.5. The lowest BCUT2D eigenvalue weighted by molar-refractivity contribution is -0.166. The minimum Gasteiger partial charge on any atom is -0.463 e. The molecular weight excluding hydrogens is 491 g/mol. The molecule has 1 aromatic carbocycles. The molecule has 34 heavy (non-hydrogen) atoms. The van der Waals surface area contributed by atoms with Crippen LogP contribution in [0.3, 0.4) is 0 Å². The van der Waals surface area contributed by atoms with Gasteiger partial charge in [-0.3, -0.25) is 34.3 Å². The van der Waals surface area contributed by atoms with Crippen LogP contribution in [0.15, 0.2) is 24.3 Å². The van der Waals surface area contributed by atoms with Crippen molar-refractivity contribution < 1.29 is 33.4 Å². The maximum Gasteiger partial charge on any atom is 0.365 e. The number of nitrogens with one attached hydrogen (secondary N) is 1. The summed E-state index contributed by atoms with van der Waals surface area (Å²) in [5.74, 6) is -2.58. The molecule has 13 heteroatoms. The van der Waals surface area contributed by atoms with Gasteiger partial charge in [-0.15, -0.1) is 0 Å². The number of nitrogens with zero attached hydrogens (tertiary/aromatic N) is 3. The van der Waals surface area contributed by atoms with Gasteiger partial charge in [0, 0.05) is 17.1 Å². The van der Waals surface area contributed by atoms with Crippen molar-refractivity contribution in [1.82, 2.24) is 20.0 Å². The van der Waals surface area contributed by atoms with Crippen LogP contribution in [0.5, 0.6) is 5.75 Å². The van der Waals surface area contributed by atoms with Crippen LogP contribution in [0, 0.1) is 0 Å². The Morgan fingerprint density at radius 2 is 1.44 bits per heavy atom. The maximum absolute atomic E-state index is 12.6. The summed E-state index contributed by atoms with van der Waals surface area (Å²) in [6.07, 6.45) is 0. The average Bonchev–Trinajstić information content (AvgIpc) is 2.78. The molecule has 184 valence electrons. The van der Waals surface area contributed by atoms with Crippen LogP contribution in [0.25, 0.3) is 0 Å². The van der Waals surface area contributed by atoms with Gasteiger partial charge in [-0.25, -0.2) is 9.69 Å². The molecule has 4 amide bonds. The van der Waals surface area contributed by atoms with Crippen molar-refractivity contribution in [2.24, 2.45) is 0 Å². The molecule has 0 aliphatic carbocycles. The Kier molecular flexibility index (Phi) is 8.47. The van der Waals surface area contributed by atoms with Crippen molar-refractivity contribution in [3.8, 4) is 5.75 Å². The monoisotopic (exact) mass is 514 g/mol. The Morgan fingerprint density at radius 3 is 1.97 bits per heavy atom. The van der Waals surface area contributed by atoms with Crippen LogP contribution < -0.4 is 10.1 Å². The summed E-state index contributed by atoms with van der Waals surface area (Å²) in [5.41, 5.74) is -1.49. The Morgan fingerprint density at radius 1 is 0.941 bits per heavy atom.